The van der Waals surface area contributed by atoms with Crippen molar-refractivity contribution in [1.29, 1.82) is 0 Å². The van der Waals surface area contributed by atoms with Crippen molar-refractivity contribution in [2.75, 3.05) is 0 Å². The van der Waals surface area contributed by atoms with Crippen molar-refractivity contribution < 1.29 is 18.1 Å². The quantitative estimate of drug-likeness (QED) is 0.776. The van der Waals surface area contributed by atoms with Crippen LogP contribution in [0.15, 0.2) is 48.5 Å². The van der Waals surface area contributed by atoms with Gasteiger partial charge in [-0.05, 0) is 35.7 Å². The zero-order chi connectivity index (χ0) is 14.0. The lowest BCUT2D eigenvalue weighted by Gasteiger charge is -2.16. The van der Waals surface area contributed by atoms with Gasteiger partial charge in [-0.1, -0.05) is 36.4 Å². The Hall–Kier alpha value is -1.61. The first kappa shape index (κ1) is 13.4. The predicted octanol–water partition coefficient (Wildman–Crippen LogP) is 4.23. The Kier molecular flexibility index (Phi) is 3.62. The first-order valence-corrected chi connectivity index (χ1v) is 7.83. The minimum atomic E-state index is -3.58. The summed E-state index contributed by atoms with van der Waals surface area (Å²) in [5, 5.41) is 0. The highest BCUT2D eigenvalue weighted by atomic mass is 31.2. The average molecular weight is 290 g/mol. The standard InChI is InChI=1S/C15H15O4P/c1-12-5-4-8-15(9-12)19-20(16)17-10-13-6-2-3-7-14(13)11-18-20/h2-9H,10-11H2,1H3. The highest BCUT2D eigenvalue weighted by Crippen LogP contribution is 2.52. The monoisotopic (exact) mass is 290 g/mol. The fraction of sp³-hybridized carbons (Fsp3) is 0.200. The Balaban J connectivity index is 1.79. The van der Waals surface area contributed by atoms with E-state index in [1.54, 1.807) is 12.1 Å². The van der Waals surface area contributed by atoms with E-state index in [2.05, 4.69) is 0 Å². The van der Waals surface area contributed by atoms with Crippen LogP contribution in [0, 0.1) is 6.92 Å². The SMILES string of the molecule is Cc1cccc(OP2(=O)OCc3ccccc3CO2)c1. The van der Waals surface area contributed by atoms with Crippen molar-refractivity contribution in [1.82, 2.24) is 0 Å². The molecule has 0 spiro atoms. The number of phosphoric ester groups is 1. The summed E-state index contributed by atoms with van der Waals surface area (Å²) < 4.78 is 28.7. The molecular weight excluding hydrogens is 275 g/mol. The molecule has 2 aromatic rings. The van der Waals surface area contributed by atoms with E-state index in [4.69, 9.17) is 13.6 Å². The number of phosphoric acid groups is 1. The molecule has 0 radical (unpaired) electrons. The molecule has 0 fully saturated rings. The third kappa shape index (κ3) is 2.93. The van der Waals surface area contributed by atoms with Crippen LogP contribution in [-0.4, -0.2) is 0 Å². The van der Waals surface area contributed by atoms with Crippen LogP contribution >= 0.6 is 7.82 Å². The molecule has 4 nitrogen and oxygen atoms in total. The van der Waals surface area contributed by atoms with Gasteiger partial charge in [-0.15, -0.1) is 0 Å². The summed E-state index contributed by atoms with van der Waals surface area (Å²) >= 11 is 0. The van der Waals surface area contributed by atoms with E-state index in [0.29, 0.717) is 5.75 Å². The second kappa shape index (κ2) is 5.41. The van der Waals surface area contributed by atoms with Gasteiger partial charge in [0.2, 0.25) is 0 Å². The van der Waals surface area contributed by atoms with Crippen molar-refractivity contribution in [3.63, 3.8) is 0 Å². The van der Waals surface area contributed by atoms with E-state index < -0.39 is 7.82 Å². The van der Waals surface area contributed by atoms with E-state index in [-0.39, 0.29) is 13.2 Å². The first-order valence-electron chi connectivity index (χ1n) is 6.37. The van der Waals surface area contributed by atoms with Gasteiger partial charge in [0.15, 0.2) is 0 Å². The molecule has 1 aliphatic heterocycles. The molecule has 1 aliphatic rings. The number of fused-ring (bicyclic) bond motifs is 1. The van der Waals surface area contributed by atoms with Crippen LogP contribution in [0.1, 0.15) is 16.7 Å². The Labute approximate surface area is 117 Å². The van der Waals surface area contributed by atoms with Gasteiger partial charge in [0.05, 0.1) is 13.2 Å². The molecular formula is C15H15O4P. The van der Waals surface area contributed by atoms with Crippen LogP contribution in [-0.2, 0) is 26.8 Å². The van der Waals surface area contributed by atoms with Crippen LogP contribution in [0.25, 0.3) is 0 Å². The lowest BCUT2D eigenvalue weighted by atomic mass is 10.1. The molecule has 5 heteroatoms. The molecule has 0 saturated heterocycles. The molecule has 0 bridgehead atoms. The molecule has 0 unspecified atom stereocenters. The summed E-state index contributed by atoms with van der Waals surface area (Å²) in [5.41, 5.74) is 2.96. The third-order valence-corrected chi connectivity index (χ3v) is 4.41. The number of hydrogen-bond donors (Lipinski definition) is 0. The average Bonchev–Trinajstić information content (AvgIpc) is 2.59. The molecule has 0 aromatic heterocycles. The summed E-state index contributed by atoms with van der Waals surface area (Å²) in [5.74, 6) is 0.485. The van der Waals surface area contributed by atoms with Gasteiger partial charge < -0.3 is 4.52 Å². The fourth-order valence-corrected chi connectivity index (χ4v) is 3.17. The molecule has 0 N–H and O–H groups in total. The number of benzene rings is 2. The molecule has 3 rings (SSSR count). The molecule has 0 atom stereocenters. The van der Waals surface area contributed by atoms with Gasteiger partial charge in [0.1, 0.15) is 5.75 Å². The van der Waals surface area contributed by atoms with Crippen molar-refractivity contribution in [3.8, 4) is 5.75 Å². The van der Waals surface area contributed by atoms with Crippen molar-refractivity contribution in [2.45, 2.75) is 20.1 Å². The third-order valence-electron chi connectivity index (χ3n) is 3.08. The second-order valence-corrected chi connectivity index (χ2v) is 6.26. The van der Waals surface area contributed by atoms with Gasteiger partial charge in [0, 0.05) is 0 Å². The smallest absolute Gasteiger partial charge is 0.404 e. The van der Waals surface area contributed by atoms with Crippen molar-refractivity contribution in [2.24, 2.45) is 0 Å². The fourth-order valence-electron chi connectivity index (χ4n) is 2.03. The number of hydrogen-bond acceptors (Lipinski definition) is 4. The van der Waals surface area contributed by atoms with Gasteiger partial charge in [0.25, 0.3) is 0 Å². The normalized spacial score (nSPS) is 17.1. The number of rotatable bonds is 2. The molecule has 0 saturated carbocycles. The van der Waals surface area contributed by atoms with Crippen LogP contribution in [0.4, 0.5) is 0 Å². The van der Waals surface area contributed by atoms with Crippen LogP contribution in [0.3, 0.4) is 0 Å². The molecule has 2 aromatic carbocycles. The highest BCUT2D eigenvalue weighted by Gasteiger charge is 2.31. The topological polar surface area (TPSA) is 44.8 Å². The first-order chi connectivity index (χ1) is 9.65. The lowest BCUT2D eigenvalue weighted by Crippen LogP contribution is -1.99. The molecule has 0 amide bonds. The zero-order valence-corrected chi connectivity index (χ0v) is 12.0. The van der Waals surface area contributed by atoms with Gasteiger partial charge >= 0.3 is 7.82 Å². The Morgan fingerprint density at radius 1 is 1.00 bits per heavy atom. The Bertz CT molecular complexity index is 637. The molecule has 20 heavy (non-hydrogen) atoms. The van der Waals surface area contributed by atoms with E-state index in [9.17, 15) is 4.57 Å². The maximum absolute atomic E-state index is 12.5. The van der Waals surface area contributed by atoms with Gasteiger partial charge in [-0.25, -0.2) is 4.57 Å². The number of aryl methyl sites for hydroxylation is 1. The summed E-state index contributed by atoms with van der Waals surface area (Å²) in [6, 6.07) is 15.0. The predicted molar refractivity (Wildman–Crippen MR) is 75.4 cm³/mol. The molecule has 1 heterocycles. The summed E-state index contributed by atoms with van der Waals surface area (Å²) in [6.45, 7) is 2.38. The van der Waals surface area contributed by atoms with E-state index in [1.807, 2.05) is 43.3 Å². The zero-order valence-electron chi connectivity index (χ0n) is 11.1. The lowest BCUT2D eigenvalue weighted by molar-refractivity contribution is 0.155. The second-order valence-electron chi connectivity index (χ2n) is 4.67. The van der Waals surface area contributed by atoms with Crippen molar-refractivity contribution >= 4 is 7.82 Å². The highest BCUT2D eigenvalue weighted by molar-refractivity contribution is 7.48. The maximum atomic E-state index is 12.5. The summed E-state index contributed by atoms with van der Waals surface area (Å²) in [4.78, 5) is 0. The van der Waals surface area contributed by atoms with Crippen LogP contribution < -0.4 is 4.52 Å². The van der Waals surface area contributed by atoms with E-state index >= 15 is 0 Å². The van der Waals surface area contributed by atoms with Gasteiger partial charge in [-0.3, -0.25) is 9.05 Å². The summed E-state index contributed by atoms with van der Waals surface area (Å²) in [6.07, 6.45) is 0. The van der Waals surface area contributed by atoms with E-state index in [0.717, 1.165) is 16.7 Å². The minimum absolute atomic E-state index is 0.221. The Morgan fingerprint density at radius 3 is 2.25 bits per heavy atom. The molecule has 0 aliphatic carbocycles. The Morgan fingerprint density at radius 2 is 1.65 bits per heavy atom. The maximum Gasteiger partial charge on any atom is 0.530 e. The van der Waals surface area contributed by atoms with Crippen LogP contribution in [0.2, 0.25) is 0 Å². The van der Waals surface area contributed by atoms with Crippen LogP contribution in [0.5, 0.6) is 5.75 Å². The van der Waals surface area contributed by atoms with Gasteiger partial charge in [-0.2, -0.15) is 0 Å². The largest absolute Gasteiger partial charge is 0.530 e. The van der Waals surface area contributed by atoms with E-state index in [1.165, 1.54) is 0 Å². The molecule has 104 valence electrons. The minimum Gasteiger partial charge on any atom is -0.404 e. The van der Waals surface area contributed by atoms with Crippen molar-refractivity contribution in [3.05, 3.63) is 65.2 Å². The summed E-state index contributed by atoms with van der Waals surface area (Å²) in [7, 11) is -3.58.